The zero-order valence-electron chi connectivity index (χ0n) is 14.8. The average molecular weight is 489 g/mol. The third kappa shape index (κ3) is 6.83. The Morgan fingerprint density at radius 1 is 1.04 bits per heavy atom. The van der Waals surface area contributed by atoms with Crippen LogP contribution in [0.5, 0.6) is 5.75 Å². The summed E-state index contributed by atoms with van der Waals surface area (Å²) in [6.45, 7) is 0.856. The van der Waals surface area contributed by atoms with E-state index in [0.717, 1.165) is 11.3 Å². The summed E-state index contributed by atoms with van der Waals surface area (Å²) in [5.74, 6) is 1.36. The smallest absolute Gasteiger partial charge is 0.191 e. The molecule has 26 heavy (non-hydrogen) atoms. The van der Waals surface area contributed by atoms with E-state index in [1.807, 2.05) is 24.3 Å². The number of halogens is 1. The van der Waals surface area contributed by atoms with Crippen LogP contribution in [0.3, 0.4) is 0 Å². The number of aliphatic imine (C=N–C) groups is 1. The van der Waals surface area contributed by atoms with Gasteiger partial charge in [-0.15, -0.1) is 24.0 Å². The van der Waals surface area contributed by atoms with Crippen LogP contribution in [0.15, 0.2) is 64.5 Å². The fourth-order valence-electron chi connectivity index (χ4n) is 2.20. The molecule has 0 heterocycles. The Labute approximate surface area is 172 Å². The normalized spacial score (nSPS) is 11.4. The van der Waals surface area contributed by atoms with Crippen molar-refractivity contribution in [3.63, 3.8) is 0 Å². The summed E-state index contributed by atoms with van der Waals surface area (Å²) in [5, 5.41) is 6.18. The van der Waals surface area contributed by atoms with E-state index in [4.69, 9.17) is 4.74 Å². The molecule has 0 atom stereocenters. The number of sulfone groups is 1. The predicted molar refractivity (Wildman–Crippen MR) is 115 cm³/mol. The summed E-state index contributed by atoms with van der Waals surface area (Å²) in [6.07, 6.45) is 0. The molecule has 0 aromatic heterocycles. The van der Waals surface area contributed by atoms with Gasteiger partial charge in [-0.3, -0.25) is 4.99 Å². The molecule has 6 nitrogen and oxygen atoms in total. The fraction of sp³-hybridized carbons (Fsp3) is 0.278. The first-order chi connectivity index (χ1) is 12.0. The quantitative estimate of drug-likeness (QED) is 0.355. The van der Waals surface area contributed by atoms with Crippen LogP contribution in [0.1, 0.15) is 5.56 Å². The molecule has 0 saturated carbocycles. The molecule has 0 spiro atoms. The molecule has 0 aliphatic rings. The van der Waals surface area contributed by atoms with Crippen LogP contribution in [0.2, 0.25) is 0 Å². The highest BCUT2D eigenvalue weighted by Gasteiger charge is 2.13. The molecule has 0 aliphatic heterocycles. The third-order valence-corrected chi connectivity index (χ3v) is 5.34. The van der Waals surface area contributed by atoms with Crippen LogP contribution >= 0.6 is 24.0 Å². The van der Waals surface area contributed by atoms with Gasteiger partial charge in [0.15, 0.2) is 15.8 Å². The highest BCUT2D eigenvalue weighted by atomic mass is 127. The second-order valence-electron chi connectivity index (χ2n) is 5.33. The number of rotatable bonds is 7. The Kier molecular flexibility index (Phi) is 9.42. The van der Waals surface area contributed by atoms with Gasteiger partial charge in [0.2, 0.25) is 0 Å². The molecule has 0 bridgehead atoms. The predicted octanol–water partition coefficient (Wildman–Crippen LogP) is 2.45. The van der Waals surface area contributed by atoms with Crippen LogP contribution in [0.25, 0.3) is 0 Å². The Morgan fingerprint density at radius 2 is 1.69 bits per heavy atom. The van der Waals surface area contributed by atoms with Gasteiger partial charge in [0.05, 0.1) is 17.8 Å². The van der Waals surface area contributed by atoms with E-state index < -0.39 is 9.84 Å². The third-order valence-electron chi connectivity index (χ3n) is 3.61. The van der Waals surface area contributed by atoms with E-state index in [1.165, 1.54) is 0 Å². The summed E-state index contributed by atoms with van der Waals surface area (Å²) >= 11 is 0. The summed E-state index contributed by atoms with van der Waals surface area (Å²) in [4.78, 5) is 4.44. The summed E-state index contributed by atoms with van der Waals surface area (Å²) in [5.41, 5.74) is 1.07. The number of ether oxygens (including phenoxy) is 1. The Hall–Kier alpha value is -1.81. The second kappa shape index (κ2) is 11.0. The first-order valence-corrected chi connectivity index (χ1v) is 9.55. The molecular formula is C18H24IN3O3S. The Morgan fingerprint density at radius 3 is 2.27 bits per heavy atom. The van der Waals surface area contributed by atoms with Gasteiger partial charge >= 0.3 is 0 Å². The number of benzene rings is 2. The summed E-state index contributed by atoms with van der Waals surface area (Å²) in [7, 11) is -0.0228. The lowest BCUT2D eigenvalue weighted by Crippen LogP contribution is -2.39. The van der Waals surface area contributed by atoms with Crippen molar-refractivity contribution in [2.24, 2.45) is 4.99 Å². The zero-order chi connectivity index (χ0) is 18.1. The lowest BCUT2D eigenvalue weighted by atomic mass is 10.2. The Bertz CT molecular complexity index is 794. The van der Waals surface area contributed by atoms with E-state index in [2.05, 4.69) is 15.6 Å². The summed E-state index contributed by atoms with van der Waals surface area (Å²) in [6, 6.07) is 16.1. The number of hydrogen-bond acceptors (Lipinski definition) is 4. The van der Waals surface area contributed by atoms with Crippen molar-refractivity contribution in [1.82, 2.24) is 10.6 Å². The maximum absolute atomic E-state index is 12.2. The molecular weight excluding hydrogens is 465 g/mol. The van der Waals surface area contributed by atoms with E-state index in [1.54, 1.807) is 44.5 Å². The number of nitrogens with zero attached hydrogens (tertiary/aromatic N) is 1. The highest BCUT2D eigenvalue weighted by Crippen LogP contribution is 2.11. The molecule has 0 aliphatic carbocycles. The molecule has 142 valence electrons. The van der Waals surface area contributed by atoms with Crippen molar-refractivity contribution < 1.29 is 13.2 Å². The van der Waals surface area contributed by atoms with Gasteiger partial charge in [-0.1, -0.05) is 30.3 Å². The zero-order valence-corrected chi connectivity index (χ0v) is 18.0. The summed E-state index contributed by atoms with van der Waals surface area (Å²) < 4.78 is 29.6. The van der Waals surface area contributed by atoms with E-state index in [9.17, 15) is 8.42 Å². The largest absolute Gasteiger partial charge is 0.497 e. The fourth-order valence-corrected chi connectivity index (χ4v) is 3.38. The second-order valence-corrected chi connectivity index (χ2v) is 7.44. The minimum Gasteiger partial charge on any atom is -0.497 e. The molecule has 0 saturated heterocycles. The molecule has 2 rings (SSSR count). The van der Waals surface area contributed by atoms with Crippen LogP contribution in [-0.4, -0.2) is 40.8 Å². The molecule has 0 unspecified atom stereocenters. The molecule has 0 amide bonds. The number of guanidine groups is 1. The topological polar surface area (TPSA) is 79.8 Å². The molecule has 2 N–H and O–H groups in total. The van der Waals surface area contributed by atoms with E-state index in [-0.39, 0.29) is 36.3 Å². The van der Waals surface area contributed by atoms with Crippen molar-refractivity contribution in [3.05, 3.63) is 60.2 Å². The highest BCUT2D eigenvalue weighted by molar-refractivity contribution is 14.0. The van der Waals surface area contributed by atoms with Crippen molar-refractivity contribution in [2.45, 2.75) is 11.4 Å². The Balaban J connectivity index is 0.00000338. The number of methoxy groups -OCH3 is 1. The van der Waals surface area contributed by atoms with Gasteiger partial charge in [-0.2, -0.15) is 0 Å². The van der Waals surface area contributed by atoms with Crippen molar-refractivity contribution >= 4 is 39.8 Å². The van der Waals surface area contributed by atoms with Crippen molar-refractivity contribution in [2.75, 3.05) is 26.5 Å². The van der Waals surface area contributed by atoms with Gasteiger partial charge < -0.3 is 15.4 Å². The SMILES string of the molecule is CN=C(NCCS(=O)(=O)c1ccccc1)NCc1ccc(OC)cc1.I. The van der Waals surface area contributed by atoms with Gasteiger partial charge in [0, 0.05) is 20.1 Å². The monoisotopic (exact) mass is 489 g/mol. The van der Waals surface area contributed by atoms with E-state index in [0.29, 0.717) is 17.4 Å². The number of hydrogen-bond donors (Lipinski definition) is 2. The van der Waals surface area contributed by atoms with Gasteiger partial charge in [-0.05, 0) is 29.8 Å². The molecule has 2 aromatic carbocycles. The minimum atomic E-state index is -3.30. The molecule has 0 fully saturated rings. The molecule has 0 radical (unpaired) electrons. The van der Waals surface area contributed by atoms with Crippen LogP contribution < -0.4 is 15.4 Å². The first kappa shape index (κ1) is 22.2. The van der Waals surface area contributed by atoms with Crippen LogP contribution in [-0.2, 0) is 16.4 Å². The standard InChI is InChI=1S/C18H23N3O3S.HI/c1-19-18(21-14-15-8-10-16(24-2)11-9-15)20-12-13-25(22,23)17-6-4-3-5-7-17;/h3-11H,12-14H2,1-2H3,(H2,19,20,21);1H. The average Bonchev–Trinajstić information content (AvgIpc) is 2.65. The number of nitrogens with one attached hydrogen (secondary N) is 2. The van der Waals surface area contributed by atoms with Crippen molar-refractivity contribution in [3.8, 4) is 5.75 Å². The van der Waals surface area contributed by atoms with Crippen LogP contribution in [0.4, 0.5) is 0 Å². The van der Waals surface area contributed by atoms with Gasteiger partial charge in [-0.25, -0.2) is 8.42 Å². The van der Waals surface area contributed by atoms with Gasteiger partial charge in [0.1, 0.15) is 5.75 Å². The lowest BCUT2D eigenvalue weighted by Gasteiger charge is -2.12. The molecule has 2 aromatic rings. The minimum absolute atomic E-state index is 0. The van der Waals surface area contributed by atoms with Crippen molar-refractivity contribution in [1.29, 1.82) is 0 Å². The maximum Gasteiger partial charge on any atom is 0.191 e. The van der Waals surface area contributed by atoms with Gasteiger partial charge in [0.25, 0.3) is 0 Å². The first-order valence-electron chi connectivity index (χ1n) is 7.90. The van der Waals surface area contributed by atoms with Crippen LogP contribution in [0, 0.1) is 0 Å². The maximum atomic E-state index is 12.2. The van der Waals surface area contributed by atoms with E-state index >= 15 is 0 Å². The lowest BCUT2D eigenvalue weighted by molar-refractivity contribution is 0.414. The molecule has 8 heteroatoms.